The molecular formula is C9H12N2. The summed E-state index contributed by atoms with van der Waals surface area (Å²) in [5.74, 6) is 0.656. The van der Waals surface area contributed by atoms with Crippen LogP contribution in [0.2, 0.25) is 0 Å². The first-order chi connectivity index (χ1) is 5.27. The van der Waals surface area contributed by atoms with Gasteiger partial charge in [0.05, 0.1) is 11.5 Å². The highest BCUT2D eigenvalue weighted by Crippen LogP contribution is 2.12. The highest BCUT2D eigenvalue weighted by atomic mass is 15.1. The van der Waals surface area contributed by atoms with Crippen LogP contribution >= 0.6 is 0 Å². The molecule has 0 aliphatic heterocycles. The predicted molar refractivity (Wildman–Crippen MR) is 45.2 cm³/mol. The van der Waals surface area contributed by atoms with Crippen LogP contribution in [0.25, 0.3) is 11.6 Å². The molecule has 1 aliphatic carbocycles. The smallest absolute Gasteiger partial charge is 0.0612 e. The molecule has 0 aromatic carbocycles. The topological polar surface area (TPSA) is 28.7 Å². The molecular weight excluding hydrogens is 136 g/mol. The van der Waals surface area contributed by atoms with E-state index in [1.54, 1.807) is 0 Å². The Morgan fingerprint density at radius 1 is 1.64 bits per heavy atom. The summed E-state index contributed by atoms with van der Waals surface area (Å²) < 4.78 is 0. The van der Waals surface area contributed by atoms with Crippen LogP contribution in [0.5, 0.6) is 0 Å². The molecule has 0 spiro atoms. The number of rotatable bonds is 0. The van der Waals surface area contributed by atoms with Crippen molar-refractivity contribution in [3.05, 3.63) is 16.8 Å². The van der Waals surface area contributed by atoms with E-state index in [-0.39, 0.29) is 0 Å². The minimum absolute atomic E-state index is 0.656. The van der Waals surface area contributed by atoms with Crippen LogP contribution in [-0.4, -0.2) is 10.2 Å². The van der Waals surface area contributed by atoms with Gasteiger partial charge in [0.2, 0.25) is 0 Å². The minimum Gasteiger partial charge on any atom is -0.278 e. The zero-order valence-corrected chi connectivity index (χ0v) is 6.89. The van der Waals surface area contributed by atoms with Crippen LogP contribution in [0, 0.1) is 5.92 Å². The molecule has 0 saturated carbocycles. The third-order valence-corrected chi connectivity index (χ3v) is 2.21. The Morgan fingerprint density at radius 3 is 3.27 bits per heavy atom. The van der Waals surface area contributed by atoms with Crippen molar-refractivity contribution in [2.24, 2.45) is 5.92 Å². The van der Waals surface area contributed by atoms with E-state index in [0.29, 0.717) is 5.92 Å². The Bertz CT molecular complexity index is 373. The molecule has 2 nitrogen and oxygen atoms in total. The first kappa shape index (κ1) is 6.65. The lowest BCUT2D eigenvalue weighted by atomic mass is 9.96. The number of nitrogens with one attached hydrogen (secondary N) is 1. The fraction of sp³-hybridized carbons (Fsp3) is 0.444. The predicted octanol–water partition coefficient (Wildman–Crippen LogP) is 0.401. The van der Waals surface area contributed by atoms with Gasteiger partial charge in [0.15, 0.2) is 0 Å². The number of hydrogen-bond donors (Lipinski definition) is 1. The van der Waals surface area contributed by atoms with Gasteiger partial charge in [-0.05, 0) is 19.3 Å². The summed E-state index contributed by atoms with van der Waals surface area (Å²) in [6.45, 7) is 4.41. The van der Waals surface area contributed by atoms with E-state index < -0.39 is 0 Å². The van der Waals surface area contributed by atoms with Crippen LogP contribution in [-0.2, 0) is 0 Å². The van der Waals surface area contributed by atoms with Gasteiger partial charge in [-0.3, -0.25) is 5.10 Å². The summed E-state index contributed by atoms with van der Waals surface area (Å²) in [5, 5.41) is 9.49. The van der Waals surface area contributed by atoms with E-state index in [9.17, 15) is 0 Å². The highest BCUT2D eigenvalue weighted by Gasteiger charge is 2.06. The molecule has 1 unspecified atom stereocenters. The summed E-state index contributed by atoms with van der Waals surface area (Å²) in [6, 6.07) is 0. The summed E-state index contributed by atoms with van der Waals surface area (Å²) >= 11 is 0. The quantitative estimate of drug-likeness (QED) is 0.567. The standard InChI is InChI=1S/C9H12N2/c1-6-3-7(2)8-5-10-11-9(8)4-6/h4-6,11H,3H2,1-2H3. The van der Waals surface area contributed by atoms with Crippen molar-refractivity contribution in [2.45, 2.75) is 20.3 Å². The largest absolute Gasteiger partial charge is 0.278 e. The van der Waals surface area contributed by atoms with Gasteiger partial charge in [0.25, 0.3) is 0 Å². The van der Waals surface area contributed by atoms with Crippen molar-refractivity contribution in [3.8, 4) is 0 Å². The number of nitrogens with zero attached hydrogens (tertiary/aromatic N) is 1. The van der Waals surface area contributed by atoms with Crippen LogP contribution in [0.4, 0.5) is 0 Å². The van der Waals surface area contributed by atoms with E-state index in [1.807, 2.05) is 6.20 Å². The number of hydrogen-bond acceptors (Lipinski definition) is 1. The molecule has 1 aromatic rings. The molecule has 1 aliphatic rings. The van der Waals surface area contributed by atoms with Gasteiger partial charge in [-0.15, -0.1) is 0 Å². The van der Waals surface area contributed by atoms with Crippen molar-refractivity contribution < 1.29 is 0 Å². The van der Waals surface area contributed by atoms with Crippen LogP contribution in [0.3, 0.4) is 0 Å². The lowest BCUT2D eigenvalue weighted by Crippen LogP contribution is -2.29. The molecule has 2 heteroatoms. The lowest BCUT2D eigenvalue weighted by Gasteiger charge is -2.09. The Hall–Kier alpha value is -1.05. The van der Waals surface area contributed by atoms with Crippen molar-refractivity contribution in [2.75, 3.05) is 0 Å². The molecule has 11 heavy (non-hydrogen) atoms. The fourth-order valence-electron chi connectivity index (χ4n) is 1.70. The number of fused-ring (bicyclic) bond motifs is 1. The van der Waals surface area contributed by atoms with Crippen molar-refractivity contribution in [1.82, 2.24) is 10.2 Å². The van der Waals surface area contributed by atoms with E-state index in [2.05, 4.69) is 30.1 Å². The third kappa shape index (κ3) is 0.985. The van der Waals surface area contributed by atoms with E-state index in [1.165, 1.54) is 22.6 Å². The third-order valence-electron chi connectivity index (χ3n) is 2.21. The summed E-state index contributed by atoms with van der Waals surface area (Å²) in [5.41, 5.74) is 1.45. The second-order valence-electron chi connectivity index (χ2n) is 3.33. The maximum absolute atomic E-state index is 4.01. The average molecular weight is 148 g/mol. The molecule has 1 atom stereocenters. The lowest BCUT2D eigenvalue weighted by molar-refractivity contribution is 0.777. The van der Waals surface area contributed by atoms with Gasteiger partial charge in [0, 0.05) is 5.22 Å². The fourth-order valence-corrected chi connectivity index (χ4v) is 1.70. The Balaban J connectivity index is 2.80. The van der Waals surface area contributed by atoms with Gasteiger partial charge in [-0.1, -0.05) is 18.6 Å². The molecule has 0 bridgehead atoms. The second kappa shape index (κ2) is 2.22. The van der Waals surface area contributed by atoms with Gasteiger partial charge < -0.3 is 0 Å². The number of aromatic nitrogens is 2. The molecule has 2 rings (SSSR count). The monoisotopic (exact) mass is 148 g/mol. The Labute approximate surface area is 65.6 Å². The molecule has 0 saturated heterocycles. The number of aromatic amines is 1. The minimum atomic E-state index is 0.656. The van der Waals surface area contributed by atoms with Gasteiger partial charge in [-0.25, -0.2) is 0 Å². The maximum Gasteiger partial charge on any atom is 0.0612 e. The summed E-state index contributed by atoms with van der Waals surface area (Å²) in [4.78, 5) is 0. The van der Waals surface area contributed by atoms with Crippen LogP contribution < -0.4 is 10.6 Å². The maximum atomic E-state index is 4.01. The van der Waals surface area contributed by atoms with Crippen molar-refractivity contribution in [1.29, 1.82) is 0 Å². The normalized spacial score (nSPS) is 22.7. The molecule has 1 aromatic heterocycles. The van der Waals surface area contributed by atoms with Crippen molar-refractivity contribution >= 4 is 11.6 Å². The first-order valence-corrected chi connectivity index (χ1v) is 3.98. The zero-order valence-electron chi connectivity index (χ0n) is 6.89. The van der Waals surface area contributed by atoms with Crippen molar-refractivity contribution in [3.63, 3.8) is 0 Å². The Kier molecular flexibility index (Phi) is 1.34. The SMILES string of the molecule is CC1=c2cn[nH]c2=CC(C)C1. The van der Waals surface area contributed by atoms with Crippen LogP contribution in [0.15, 0.2) is 6.20 Å². The molecule has 1 N–H and O–H groups in total. The van der Waals surface area contributed by atoms with E-state index in [4.69, 9.17) is 0 Å². The molecule has 1 heterocycles. The average Bonchev–Trinajstić information content (AvgIpc) is 2.34. The van der Waals surface area contributed by atoms with Crippen LogP contribution in [0.1, 0.15) is 20.3 Å². The summed E-state index contributed by atoms with van der Waals surface area (Å²) in [6.07, 6.45) is 5.33. The first-order valence-electron chi connectivity index (χ1n) is 3.98. The molecule has 0 radical (unpaired) electrons. The van der Waals surface area contributed by atoms with Gasteiger partial charge >= 0.3 is 0 Å². The second-order valence-corrected chi connectivity index (χ2v) is 3.33. The molecule has 0 amide bonds. The van der Waals surface area contributed by atoms with Gasteiger partial charge in [-0.2, -0.15) is 5.10 Å². The highest BCUT2D eigenvalue weighted by molar-refractivity contribution is 5.48. The summed E-state index contributed by atoms with van der Waals surface area (Å²) in [7, 11) is 0. The zero-order chi connectivity index (χ0) is 7.84. The molecule has 0 fully saturated rings. The Morgan fingerprint density at radius 2 is 2.45 bits per heavy atom. The van der Waals surface area contributed by atoms with E-state index in [0.717, 1.165) is 0 Å². The number of H-pyrrole nitrogens is 1. The van der Waals surface area contributed by atoms with Gasteiger partial charge in [0.1, 0.15) is 0 Å². The van der Waals surface area contributed by atoms with E-state index >= 15 is 0 Å². The molecule has 58 valence electrons.